The molecule has 0 atom stereocenters. The van der Waals surface area contributed by atoms with Crippen molar-refractivity contribution in [1.82, 2.24) is 9.88 Å². The monoisotopic (exact) mass is 363 g/mol. The molecule has 3 aromatic rings. The number of amides is 1. The Morgan fingerprint density at radius 3 is 2.70 bits per heavy atom. The highest BCUT2D eigenvalue weighted by molar-refractivity contribution is 6.08. The molecule has 4 nitrogen and oxygen atoms in total. The molecule has 2 heterocycles. The number of piperidine rings is 1. The van der Waals surface area contributed by atoms with Crippen molar-refractivity contribution in [2.45, 2.75) is 18.8 Å². The van der Waals surface area contributed by atoms with Gasteiger partial charge in [-0.15, -0.1) is 0 Å². The molecule has 0 bridgehead atoms. The number of pyridine rings is 1. The average Bonchev–Trinajstić information content (AvgIpc) is 2.68. The number of hydrogen-bond acceptors (Lipinski definition) is 3. The summed E-state index contributed by atoms with van der Waals surface area (Å²) >= 11 is 0. The van der Waals surface area contributed by atoms with Gasteiger partial charge in [-0.3, -0.25) is 9.78 Å². The van der Waals surface area contributed by atoms with Gasteiger partial charge >= 0.3 is 0 Å². The fraction of sp³-hybridized carbons (Fsp3) is 0.273. The highest BCUT2D eigenvalue weighted by atomic mass is 19.1. The summed E-state index contributed by atoms with van der Waals surface area (Å²) in [7, 11) is 2.10. The lowest BCUT2D eigenvalue weighted by Gasteiger charge is -2.29. The zero-order valence-corrected chi connectivity index (χ0v) is 15.3. The summed E-state index contributed by atoms with van der Waals surface area (Å²) in [5.74, 6) is -0.576. The van der Waals surface area contributed by atoms with Gasteiger partial charge in [0.15, 0.2) is 0 Å². The molecule has 5 heteroatoms. The zero-order valence-electron chi connectivity index (χ0n) is 15.3. The number of fused-ring (bicyclic) bond motifs is 1. The van der Waals surface area contributed by atoms with Gasteiger partial charge in [-0.25, -0.2) is 4.39 Å². The number of carbonyl (C=O) groups is 1. The van der Waals surface area contributed by atoms with Crippen molar-refractivity contribution >= 4 is 22.5 Å². The largest absolute Gasteiger partial charge is 0.320 e. The molecule has 0 saturated carbocycles. The lowest BCUT2D eigenvalue weighted by molar-refractivity contribution is 0.102. The van der Waals surface area contributed by atoms with E-state index in [1.807, 2.05) is 30.3 Å². The Morgan fingerprint density at radius 2 is 1.93 bits per heavy atom. The van der Waals surface area contributed by atoms with E-state index in [4.69, 9.17) is 0 Å². The van der Waals surface area contributed by atoms with Gasteiger partial charge in [0.2, 0.25) is 0 Å². The van der Waals surface area contributed by atoms with Crippen LogP contribution in [-0.2, 0) is 0 Å². The van der Waals surface area contributed by atoms with E-state index in [1.165, 1.54) is 6.07 Å². The van der Waals surface area contributed by atoms with Crippen LogP contribution in [0, 0.1) is 5.82 Å². The lowest BCUT2D eigenvalue weighted by atomic mass is 9.89. The fourth-order valence-corrected chi connectivity index (χ4v) is 3.71. The topological polar surface area (TPSA) is 45.2 Å². The van der Waals surface area contributed by atoms with Crippen LogP contribution in [0.15, 0.2) is 54.7 Å². The minimum absolute atomic E-state index is 0.0552. The average molecular weight is 363 g/mol. The normalized spacial score (nSPS) is 15.8. The molecule has 4 rings (SSSR count). The fourth-order valence-electron chi connectivity index (χ4n) is 3.71. The quantitative estimate of drug-likeness (QED) is 0.748. The number of carbonyl (C=O) groups excluding carboxylic acids is 1. The molecule has 0 aliphatic carbocycles. The molecule has 1 fully saturated rings. The van der Waals surface area contributed by atoms with E-state index in [0.29, 0.717) is 17.1 Å². The number of benzene rings is 2. The summed E-state index contributed by atoms with van der Waals surface area (Å²) in [6, 6.07) is 14.3. The third-order valence-corrected chi connectivity index (χ3v) is 5.31. The van der Waals surface area contributed by atoms with Crippen molar-refractivity contribution < 1.29 is 9.18 Å². The van der Waals surface area contributed by atoms with Crippen LogP contribution < -0.4 is 5.32 Å². The number of aromatic nitrogens is 1. The van der Waals surface area contributed by atoms with Crippen molar-refractivity contribution in [1.29, 1.82) is 0 Å². The molecular formula is C22H22FN3O. The third kappa shape index (κ3) is 3.69. The minimum atomic E-state index is -0.475. The number of nitrogens with zero attached hydrogens (tertiary/aromatic N) is 2. The van der Waals surface area contributed by atoms with E-state index >= 15 is 0 Å². The third-order valence-electron chi connectivity index (χ3n) is 5.31. The Balaban J connectivity index is 1.55. The van der Waals surface area contributed by atoms with Crippen molar-refractivity contribution in [3.63, 3.8) is 0 Å². The zero-order chi connectivity index (χ0) is 18.8. The Morgan fingerprint density at radius 1 is 1.15 bits per heavy atom. The van der Waals surface area contributed by atoms with Gasteiger partial charge in [0, 0.05) is 11.6 Å². The van der Waals surface area contributed by atoms with Crippen LogP contribution in [0.3, 0.4) is 0 Å². The number of anilines is 1. The van der Waals surface area contributed by atoms with Crippen molar-refractivity contribution in [2.75, 3.05) is 25.5 Å². The maximum Gasteiger partial charge on any atom is 0.258 e. The van der Waals surface area contributed by atoms with Gasteiger partial charge in [0.1, 0.15) is 5.82 Å². The van der Waals surface area contributed by atoms with Gasteiger partial charge in [-0.05, 0) is 68.7 Å². The first-order chi connectivity index (χ1) is 13.1. The number of likely N-dealkylation sites (tertiary alicyclic amines) is 1. The summed E-state index contributed by atoms with van der Waals surface area (Å²) in [5, 5.41) is 3.72. The first-order valence-corrected chi connectivity index (χ1v) is 9.25. The molecular weight excluding hydrogens is 341 g/mol. The van der Waals surface area contributed by atoms with Gasteiger partial charge in [0.25, 0.3) is 5.91 Å². The molecule has 1 aromatic heterocycles. The molecule has 1 N–H and O–H groups in total. The molecule has 1 aliphatic heterocycles. The van der Waals surface area contributed by atoms with E-state index < -0.39 is 11.7 Å². The predicted octanol–water partition coefficient (Wildman–Crippen LogP) is 4.44. The van der Waals surface area contributed by atoms with Gasteiger partial charge in [0.05, 0.1) is 16.8 Å². The summed E-state index contributed by atoms with van der Waals surface area (Å²) in [6.07, 6.45) is 3.71. The maximum absolute atomic E-state index is 14.7. The first kappa shape index (κ1) is 17.6. The summed E-state index contributed by atoms with van der Waals surface area (Å²) in [6.45, 7) is 2.03. The van der Waals surface area contributed by atoms with Crippen LogP contribution in [0.1, 0.15) is 34.7 Å². The Hall–Kier alpha value is -2.79. The summed E-state index contributed by atoms with van der Waals surface area (Å²) in [5.41, 5.74) is 2.30. The van der Waals surface area contributed by atoms with Crippen LogP contribution in [0.2, 0.25) is 0 Å². The Bertz CT molecular complexity index is 975. The molecule has 1 saturated heterocycles. The number of para-hydroxylation sites is 1. The van der Waals surface area contributed by atoms with Crippen LogP contribution in [0.5, 0.6) is 0 Å². The SMILES string of the molecule is CN1CCC(c2ccc(C(=O)Nc3cccc4cccnc34)c(F)c2)CC1. The molecule has 0 radical (unpaired) electrons. The lowest BCUT2D eigenvalue weighted by Crippen LogP contribution is -2.29. The molecule has 0 unspecified atom stereocenters. The first-order valence-electron chi connectivity index (χ1n) is 9.25. The molecule has 27 heavy (non-hydrogen) atoms. The number of nitrogens with one attached hydrogen (secondary N) is 1. The number of hydrogen-bond donors (Lipinski definition) is 1. The van der Waals surface area contributed by atoms with Crippen molar-refractivity contribution in [3.8, 4) is 0 Å². The number of halogens is 1. The molecule has 0 spiro atoms. The molecule has 1 amide bonds. The van der Waals surface area contributed by atoms with E-state index in [-0.39, 0.29) is 5.56 Å². The van der Waals surface area contributed by atoms with E-state index in [0.717, 1.165) is 36.9 Å². The van der Waals surface area contributed by atoms with E-state index in [1.54, 1.807) is 18.3 Å². The van der Waals surface area contributed by atoms with Gasteiger partial charge in [-0.1, -0.05) is 24.3 Å². The highest BCUT2D eigenvalue weighted by Gasteiger charge is 2.21. The second kappa shape index (κ2) is 7.45. The molecule has 1 aliphatic rings. The summed E-state index contributed by atoms with van der Waals surface area (Å²) < 4.78 is 14.7. The standard InChI is InChI=1S/C22H22FN3O/c1-26-12-9-15(10-13-26)17-7-8-18(19(23)14-17)22(27)25-20-6-2-4-16-5-3-11-24-21(16)20/h2-8,11,14-15H,9-10,12-13H2,1H3,(H,25,27). The van der Waals surface area contributed by atoms with Crippen LogP contribution in [0.25, 0.3) is 10.9 Å². The van der Waals surface area contributed by atoms with Crippen LogP contribution >= 0.6 is 0 Å². The predicted molar refractivity (Wildman–Crippen MR) is 106 cm³/mol. The van der Waals surface area contributed by atoms with E-state index in [9.17, 15) is 9.18 Å². The van der Waals surface area contributed by atoms with Crippen LogP contribution in [-0.4, -0.2) is 35.9 Å². The smallest absolute Gasteiger partial charge is 0.258 e. The van der Waals surface area contributed by atoms with Crippen LogP contribution in [0.4, 0.5) is 10.1 Å². The van der Waals surface area contributed by atoms with Gasteiger partial charge in [-0.2, -0.15) is 0 Å². The highest BCUT2D eigenvalue weighted by Crippen LogP contribution is 2.29. The summed E-state index contributed by atoms with van der Waals surface area (Å²) in [4.78, 5) is 19.2. The van der Waals surface area contributed by atoms with Crippen molar-refractivity contribution in [2.24, 2.45) is 0 Å². The Kier molecular flexibility index (Phi) is 4.86. The minimum Gasteiger partial charge on any atom is -0.320 e. The number of rotatable bonds is 3. The van der Waals surface area contributed by atoms with Gasteiger partial charge < -0.3 is 10.2 Å². The molecule has 2 aromatic carbocycles. The Labute approximate surface area is 158 Å². The maximum atomic E-state index is 14.7. The molecule has 138 valence electrons. The van der Waals surface area contributed by atoms with Crippen molar-refractivity contribution in [3.05, 3.63) is 71.7 Å². The second-order valence-corrected chi connectivity index (χ2v) is 7.15. The van der Waals surface area contributed by atoms with E-state index in [2.05, 4.69) is 22.2 Å². The second-order valence-electron chi connectivity index (χ2n) is 7.15.